The van der Waals surface area contributed by atoms with Crippen LogP contribution in [-0.2, 0) is 9.53 Å². The highest BCUT2D eigenvalue weighted by Gasteiger charge is 2.35. The summed E-state index contributed by atoms with van der Waals surface area (Å²) in [6, 6.07) is 8.80. The molecule has 2 aliphatic rings. The van der Waals surface area contributed by atoms with Gasteiger partial charge in [0.25, 0.3) is 5.91 Å². The van der Waals surface area contributed by atoms with Gasteiger partial charge in [0, 0.05) is 54.1 Å². The predicted molar refractivity (Wildman–Crippen MR) is 172 cm³/mol. The molecule has 5 N–H and O–H groups in total. The number of likely N-dealkylation sites (tertiary alicyclic amines) is 1. The maximum absolute atomic E-state index is 14.5. The number of nitrogens with one attached hydrogen (secondary N) is 1. The Labute approximate surface area is 272 Å². The van der Waals surface area contributed by atoms with Crippen LogP contribution < -0.4 is 16.4 Å². The van der Waals surface area contributed by atoms with Crippen molar-refractivity contribution in [1.82, 2.24) is 14.7 Å². The number of hydrogen-bond acceptors (Lipinski definition) is 6. The van der Waals surface area contributed by atoms with Gasteiger partial charge in [-0.2, -0.15) is 0 Å². The number of hydrogen-bond donors (Lipinski definition) is 3. The van der Waals surface area contributed by atoms with E-state index in [-0.39, 0.29) is 40.6 Å². The van der Waals surface area contributed by atoms with Gasteiger partial charge in [-0.3, -0.25) is 14.5 Å². The van der Waals surface area contributed by atoms with E-state index in [1.54, 1.807) is 75.3 Å². The topological polar surface area (TPSA) is 125 Å². The summed E-state index contributed by atoms with van der Waals surface area (Å²) in [5, 5.41) is 4.59. The molecule has 1 saturated heterocycles. The highest BCUT2D eigenvalue weighted by Crippen LogP contribution is 2.38. The highest BCUT2D eigenvalue weighted by atomic mass is 35.5. The number of halogens is 3. The van der Waals surface area contributed by atoms with Crippen LogP contribution >= 0.6 is 23.2 Å². The fourth-order valence-corrected chi connectivity index (χ4v) is 6.03. The number of quaternary nitrogens is 1. The van der Waals surface area contributed by atoms with Crippen molar-refractivity contribution < 1.29 is 28.8 Å². The van der Waals surface area contributed by atoms with Crippen molar-refractivity contribution in [2.45, 2.75) is 52.2 Å². The maximum Gasteiger partial charge on any atom is 0.416 e. The number of nitrogens with zero attached hydrogens (tertiary/aromatic N) is 3. The Balaban J connectivity index is 1.70. The Hall–Kier alpha value is -3.80. The van der Waals surface area contributed by atoms with Crippen molar-refractivity contribution in [3.8, 4) is 0 Å². The fraction of sp³-hybridized carbons (Fsp3) is 0.406. The van der Waals surface area contributed by atoms with Crippen molar-refractivity contribution >= 4 is 46.8 Å². The van der Waals surface area contributed by atoms with Crippen LogP contribution in [0.25, 0.3) is 0 Å². The number of amides is 3. The minimum absolute atomic E-state index is 0.0383. The quantitative estimate of drug-likeness (QED) is 0.289. The van der Waals surface area contributed by atoms with Crippen LogP contribution in [-0.4, -0.2) is 71.4 Å². The summed E-state index contributed by atoms with van der Waals surface area (Å²) < 4.78 is 20.1. The zero-order chi connectivity index (χ0) is 33.1. The first-order valence-electron chi connectivity index (χ1n) is 14.8. The molecule has 13 heteroatoms. The summed E-state index contributed by atoms with van der Waals surface area (Å²) in [7, 11) is 1.69. The summed E-state index contributed by atoms with van der Waals surface area (Å²) in [6.07, 6.45) is 2.85. The molecule has 2 aromatic carbocycles. The van der Waals surface area contributed by atoms with Gasteiger partial charge in [-0.15, -0.1) is 0 Å². The Bertz CT molecular complexity index is 1530. The monoisotopic (exact) mass is 661 g/mol. The molecule has 0 spiro atoms. The molecule has 2 heterocycles. The van der Waals surface area contributed by atoms with Crippen LogP contribution in [0.5, 0.6) is 0 Å². The largest absolute Gasteiger partial charge is 0.443 e. The van der Waals surface area contributed by atoms with Gasteiger partial charge in [0.05, 0.1) is 23.8 Å². The zero-order valence-corrected chi connectivity index (χ0v) is 27.6. The number of likely N-dealkylation sites (N-methyl/N-ethyl adjacent to an activating group) is 1. The summed E-state index contributed by atoms with van der Waals surface area (Å²) >= 11 is 12.8. The molecule has 4 rings (SSSR count). The number of anilines is 1. The number of benzene rings is 2. The van der Waals surface area contributed by atoms with Crippen LogP contribution in [0.15, 0.2) is 59.7 Å². The first-order chi connectivity index (χ1) is 21.2. The Kier molecular flexibility index (Phi) is 10.7. The van der Waals surface area contributed by atoms with Gasteiger partial charge in [0.2, 0.25) is 0 Å². The second-order valence-electron chi connectivity index (χ2n) is 12.0. The lowest BCUT2D eigenvalue weighted by Gasteiger charge is -2.41. The normalized spacial score (nSPS) is 16.6. The summed E-state index contributed by atoms with van der Waals surface area (Å²) in [5.74, 6) is -1.14. The molecular formula is C32H40Cl2FN6O4+. The average molecular weight is 663 g/mol. The van der Waals surface area contributed by atoms with Crippen molar-refractivity contribution in [3.05, 3.63) is 86.7 Å². The van der Waals surface area contributed by atoms with Crippen LogP contribution in [0.4, 0.5) is 14.9 Å². The van der Waals surface area contributed by atoms with Gasteiger partial charge in [-0.05, 0) is 70.9 Å². The molecule has 0 saturated carbocycles. The summed E-state index contributed by atoms with van der Waals surface area (Å²) in [6.45, 7) is 8.86. The third-order valence-electron chi connectivity index (χ3n) is 7.63. The van der Waals surface area contributed by atoms with Crippen molar-refractivity contribution in [2.24, 2.45) is 5.73 Å². The minimum atomic E-state index is -0.770. The van der Waals surface area contributed by atoms with Crippen molar-refractivity contribution in [2.75, 3.05) is 38.5 Å². The maximum atomic E-state index is 14.5. The second-order valence-corrected chi connectivity index (χ2v) is 12.7. The number of carbonyl (C=O) groups is 3. The molecule has 2 aliphatic heterocycles. The molecule has 1 fully saturated rings. The summed E-state index contributed by atoms with van der Waals surface area (Å²) in [5.41, 5.74) is 7.66. The first kappa shape index (κ1) is 34.1. The Morgan fingerprint density at radius 2 is 1.78 bits per heavy atom. The van der Waals surface area contributed by atoms with Crippen LogP contribution in [0.1, 0.15) is 62.5 Å². The van der Waals surface area contributed by atoms with Gasteiger partial charge < -0.3 is 30.9 Å². The SMILES string of the molecule is C[NH2+]/C(=C\C1=C(N)N(C(=O)OC(C)(C)C)CCN1C(C)c1c(Cl)ccc(F)c1Cl)C(=O)Nc1cccc(C(=O)N2CCCC2)c1. The molecule has 1 atom stereocenters. The lowest BCUT2D eigenvalue weighted by atomic mass is 10.0. The molecule has 0 bridgehead atoms. The van der Waals surface area contributed by atoms with Crippen LogP contribution in [0.3, 0.4) is 0 Å². The second kappa shape index (κ2) is 14.1. The lowest BCUT2D eigenvalue weighted by Crippen LogP contribution is -2.79. The molecule has 0 radical (unpaired) electrons. The lowest BCUT2D eigenvalue weighted by molar-refractivity contribution is -0.569. The minimum Gasteiger partial charge on any atom is -0.443 e. The molecule has 0 aromatic heterocycles. The fourth-order valence-electron chi connectivity index (χ4n) is 5.34. The van der Waals surface area contributed by atoms with Gasteiger partial charge >= 0.3 is 12.0 Å². The Morgan fingerprint density at radius 1 is 1.09 bits per heavy atom. The van der Waals surface area contributed by atoms with E-state index in [1.165, 1.54) is 17.0 Å². The zero-order valence-electron chi connectivity index (χ0n) is 26.1. The van der Waals surface area contributed by atoms with E-state index >= 15 is 0 Å². The number of nitrogens with two attached hydrogens (primary N) is 2. The molecule has 242 valence electrons. The van der Waals surface area contributed by atoms with Gasteiger partial charge in [-0.1, -0.05) is 29.3 Å². The van der Waals surface area contributed by atoms with E-state index in [9.17, 15) is 18.8 Å². The van der Waals surface area contributed by atoms with Gasteiger partial charge in [0.1, 0.15) is 17.2 Å². The highest BCUT2D eigenvalue weighted by molar-refractivity contribution is 6.36. The van der Waals surface area contributed by atoms with E-state index in [1.807, 2.05) is 4.90 Å². The smallest absolute Gasteiger partial charge is 0.416 e. The van der Waals surface area contributed by atoms with Gasteiger partial charge in [-0.25, -0.2) is 9.18 Å². The number of ether oxygens (including phenoxy) is 1. The van der Waals surface area contributed by atoms with E-state index in [4.69, 9.17) is 33.7 Å². The summed E-state index contributed by atoms with van der Waals surface area (Å²) in [4.78, 5) is 44.5. The third-order valence-corrected chi connectivity index (χ3v) is 8.35. The molecular weight excluding hydrogens is 622 g/mol. The molecule has 0 aliphatic carbocycles. The third kappa shape index (κ3) is 7.89. The number of allylic oxidation sites excluding steroid dienone is 1. The Morgan fingerprint density at radius 3 is 2.42 bits per heavy atom. The molecule has 3 amide bonds. The van der Waals surface area contributed by atoms with Crippen LogP contribution in [0.2, 0.25) is 10.0 Å². The number of carbonyl (C=O) groups excluding carboxylic acids is 3. The van der Waals surface area contributed by atoms with Crippen molar-refractivity contribution in [3.63, 3.8) is 0 Å². The number of rotatable bonds is 7. The molecule has 10 nitrogen and oxygen atoms in total. The predicted octanol–water partition coefficient (Wildman–Crippen LogP) is 4.83. The van der Waals surface area contributed by atoms with E-state index in [2.05, 4.69) is 5.32 Å². The van der Waals surface area contributed by atoms with Crippen LogP contribution in [0, 0.1) is 5.82 Å². The van der Waals surface area contributed by atoms with E-state index < -0.39 is 29.5 Å². The average Bonchev–Trinajstić information content (AvgIpc) is 3.52. The molecule has 1 unspecified atom stereocenters. The molecule has 45 heavy (non-hydrogen) atoms. The van der Waals surface area contributed by atoms with E-state index in [0.29, 0.717) is 35.6 Å². The molecule has 2 aromatic rings. The first-order valence-corrected chi connectivity index (χ1v) is 15.6. The standard InChI is InChI=1S/C32H39Cl2FN6O4/c1-19(26-22(33)11-12-23(35)27(26)34)40-15-16-41(31(44)45-32(2,3)4)28(36)25(40)18-24(37-5)29(42)38-21-10-8-9-20(17-21)30(43)39-13-6-7-14-39/h8-12,17-19,37H,6-7,13-16,36H2,1-5H3,(H,38,42)/p+1/b24-18-. The van der Waals surface area contributed by atoms with Gasteiger partial charge in [0.15, 0.2) is 5.70 Å². The van der Waals surface area contributed by atoms with Crippen molar-refractivity contribution in [1.29, 1.82) is 0 Å². The van der Waals surface area contributed by atoms with E-state index in [0.717, 1.165) is 12.8 Å².